The van der Waals surface area contributed by atoms with E-state index in [1.807, 2.05) is 0 Å². The molecule has 1 aliphatic carbocycles. The fourth-order valence-electron chi connectivity index (χ4n) is 9.93. The van der Waals surface area contributed by atoms with E-state index in [2.05, 4.69) is 242 Å². The van der Waals surface area contributed by atoms with Crippen molar-refractivity contribution in [3.63, 3.8) is 0 Å². The molecule has 0 saturated heterocycles. The van der Waals surface area contributed by atoms with Crippen LogP contribution in [0.15, 0.2) is 218 Å². The molecular formula is C59H42N4. The van der Waals surface area contributed by atoms with Crippen molar-refractivity contribution in [1.82, 2.24) is 14.5 Å². The van der Waals surface area contributed by atoms with E-state index < -0.39 is 0 Å². The molecule has 9 aromatic carbocycles. The molecule has 11 aromatic rings. The average molecular weight is 807 g/mol. The third-order valence-corrected chi connectivity index (χ3v) is 13.0. The minimum absolute atomic E-state index is 0.164. The van der Waals surface area contributed by atoms with Gasteiger partial charge < -0.3 is 4.57 Å². The average Bonchev–Trinajstić information content (AvgIpc) is 3.80. The van der Waals surface area contributed by atoms with Crippen LogP contribution >= 0.6 is 0 Å². The molecule has 2 aromatic heterocycles. The number of aromatic nitrogens is 3. The first-order valence-electron chi connectivity index (χ1n) is 21.7. The zero-order valence-corrected chi connectivity index (χ0v) is 35.1. The standard InChI is InChI=1S/C59H42N4/c1-59(2)50-23-12-9-21-47(50)56-51(59)24-15-27-55(56)63(45-33-28-41(29-34-45)39-16-5-3-6-17-39)58-60-52-25-13-10-22-48(52)57(61-58)42-30-35-44(36-31-42)62-53-26-14-11-20-46(53)49-38-43(32-37-54(49)62)40-18-7-4-8-19-40/h3-38H,1-2H3. The van der Waals surface area contributed by atoms with Gasteiger partial charge in [-0.1, -0.05) is 178 Å². The van der Waals surface area contributed by atoms with Crippen LogP contribution in [0.2, 0.25) is 0 Å². The van der Waals surface area contributed by atoms with Crippen LogP contribution < -0.4 is 4.90 Å². The van der Waals surface area contributed by atoms with Crippen LogP contribution in [0, 0.1) is 0 Å². The van der Waals surface area contributed by atoms with Gasteiger partial charge in [0.2, 0.25) is 5.95 Å². The van der Waals surface area contributed by atoms with E-state index in [1.165, 1.54) is 60.8 Å². The fourth-order valence-corrected chi connectivity index (χ4v) is 9.93. The summed E-state index contributed by atoms with van der Waals surface area (Å²) in [6.45, 7) is 4.66. The Morgan fingerprint density at radius 1 is 0.429 bits per heavy atom. The van der Waals surface area contributed by atoms with E-state index in [0.717, 1.165) is 44.8 Å². The Hall–Kier alpha value is -8.08. The van der Waals surface area contributed by atoms with Crippen LogP contribution in [0.5, 0.6) is 0 Å². The molecule has 0 aliphatic heterocycles. The smallest absolute Gasteiger partial charge is 0.235 e. The van der Waals surface area contributed by atoms with Gasteiger partial charge in [-0.15, -0.1) is 0 Å². The van der Waals surface area contributed by atoms with Crippen LogP contribution in [0.25, 0.3) is 83.0 Å². The Balaban J connectivity index is 1.02. The van der Waals surface area contributed by atoms with Crippen LogP contribution in [0.3, 0.4) is 0 Å². The largest absolute Gasteiger partial charge is 0.309 e. The summed E-state index contributed by atoms with van der Waals surface area (Å²) in [5, 5.41) is 3.47. The predicted octanol–water partition coefficient (Wildman–Crippen LogP) is 15.5. The number of anilines is 3. The third kappa shape index (κ3) is 5.98. The molecule has 0 saturated carbocycles. The molecule has 0 spiro atoms. The molecule has 0 bridgehead atoms. The molecule has 0 fully saturated rings. The Morgan fingerprint density at radius 2 is 1.02 bits per heavy atom. The van der Waals surface area contributed by atoms with Crippen molar-refractivity contribution in [1.29, 1.82) is 0 Å². The number of nitrogens with zero attached hydrogens (tertiary/aromatic N) is 4. The highest BCUT2D eigenvalue weighted by atomic mass is 15.3. The van der Waals surface area contributed by atoms with Crippen molar-refractivity contribution in [3.05, 3.63) is 230 Å². The van der Waals surface area contributed by atoms with Gasteiger partial charge in [0.05, 0.1) is 27.9 Å². The Kier molecular flexibility index (Phi) is 8.48. The minimum Gasteiger partial charge on any atom is -0.309 e. The van der Waals surface area contributed by atoms with E-state index >= 15 is 0 Å². The van der Waals surface area contributed by atoms with Crippen LogP contribution in [-0.2, 0) is 5.41 Å². The first-order chi connectivity index (χ1) is 31.0. The molecule has 12 rings (SSSR count). The van der Waals surface area contributed by atoms with Crippen molar-refractivity contribution in [2.24, 2.45) is 0 Å². The summed E-state index contributed by atoms with van der Waals surface area (Å²) in [7, 11) is 0. The lowest BCUT2D eigenvalue weighted by Crippen LogP contribution is -2.17. The molecule has 1 aliphatic rings. The first kappa shape index (κ1) is 36.7. The van der Waals surface area contributed by atoms with Crippen molar-refractivity contribution in [2.75, 3.05) is 4.90 Å². The van der Waals surface area contributed by atoms with E-state index in [4.69, 9.17) is 9.97 Å². The van der Waals surface area contributed by atoms with Crippen molar-refractivity contribution >= 4 is 50.0 Å². The Morgan fingerprint density at radius 3 is 1.79 bits per heavy atom. The maximum atomic E-state index is 5.56. The van der Waals surface area contributed by atoms with Crippen molar-refractivity contribution in [3.8, 4) is 50.3 Å². The highest BCUT2D eigenvalue weighted by Crippen LogP contribution is 2.54. The van der Waals surface area contributed by atoms with Crippen LogP contribution in [-0.4, -0.2) is 14.5 Å². The molecule has 0 amide bonds. The molecule has 2 heterocycles. The zero-order valence-electron chi connectivity index (χ0n) is 35.1. The number of para-hydroxylation sites is 2. The summed E-state index contributed by atoms with van der Waals surface area (Å²) in [5.41, 5.74) is 18.0. The molecule has 298 valence electrons. The molecule has 0 unspecified atom stereocenters. The van der Waals surface area contributed by atoms with Crippen LogP contribution in [0.4, 0.5) is 17.3 Å². The fraction of sp³-hybridized carbons (Fsp3) is 0.0508. The van der Waals surface area contributed by atoms with Gasteiger partial charge in [-0.05, 0) is 93.5 Å². The van der Waals surface area contributed by atoms with Gasteiger partial charge in [0.25, 0.3) is 0 Å². The van der Waals surface area contributed by atoms with E-state index in [0.29, 0.717) is 5.95 Å². The van der Waals surface area contributed by atoms with Gasteiger partial charge in [-0.3, -0.25) is 4.90 Å². The molecule has 63 heavy (non-hydrogen) atoms. The van der Waals surface area contributed by atoms with Gasteiger partial charge in [0.15, 0.2) is 0 Å². The van der Waals surface area contributed by atoms with Gasteiger partial charge in [-0.25, -0.2) is 9.97 Å². The van der Waals surface area contributed by atoms with Gasteiger partial charge in [-0.2, -0.15) is 0 Å². The number of hydrogen-bond donors (Lipinski definition) is 0. The quantitative estimate of drug-likeness (QED) is 0.161. The molecule has 0 N–H and O–H groups in total. The normalized spacial score (nSPS) is 12.7. The molecule has 0 atom stereocenters. The number of hydrogen-bond acceptors (Lipinski definition) is 3. The first-order valence-corrected chi connectivity index (χ1v) is 21.7. The minimum atomic E-state index is -0.164. The summed E-state index contributed by atoms with van der Waals surface area (Å²) in [6.07, 6.45) is 0. The molecule has 4 nitrogen and oxygen atoms in total. The Labute approximate surface area is 367 Å². The summed E-state index contributed by atoms with van der Waals surface area (Å²) >= 11 is 0. The summed E-state index contributed by atoms with van der Waals surface area (Å²) in [6, 6.07) is 78.3. The lowest BCUT2D eigenvalue weighted by atomic mass is 9.82. The number of fused-ring (bicyclic) bond motifs is 7. The second-order valence-corrected chi connectivity index (χ2v) is 17.0. The second-order valence-electron chi connectivity index (χ2n) is 17.0. The molecule has 0 radical (unpaired) electrons. The monoisotopic (exact) mass is 806 g/mol. The highest BCUT2D eigenvalue weighted by molar-refractivity contribution is 6.10. The maximum Gasteiger partial charge on any atom is 0.235 e. The Bertz CT molecular complexity index is 3510. The number of rotatable bonds is 7. The number of benzene rings is 9. The third-order valence-electron chi connectivity index (χ3n) is 13.0. The molecular weight excluding hydrogens is 765 g/mol. The van der Waals surface area contributed by atoms with E-state index in [1.54, 1.807) is 0 Å². The topological polar surface area (TPSA) is 34.0 Å². The van der Waals surface area contributed by atoms with Crippen LogP contribution in [0.1, 0.15) is 25.0 Å². The van der Waals surface area contributed by atoms with Crippen molar-refractivity contribution < 1.29 is 0 Å². The summed E-state index contributed by atoms with van der Waals surface area (Å²) in [5.74, 6) is 0.618. The van der Waals surface area contributed by atoms with E-state index in [9.17, 15) is 0 Å². The van der Waals surface area contributed by atoms with Gasteiger partial charge >= 0.3 is 0 Å². The van der Waals surface area contributed by atoms with Crippen molar-refractivity contribution in [2.45, 2.75) is 19.3 Å². The summed E-state index contributed by atoms with van der Waals surface area (Å²) in [4.78, 5) is 13.2. The lowest BCUT2D eigenvalue weighted by molar-refractivity contribution is 0.660. The lowest BCUT2D eigenvalue weighted by Gasteiger charge is -2.28. The predicted molar refractivity (Wildman–Crippen MR) is 262 cm³/mol. The highest BCUT2D eigenvalue weighted by Gasteiger charge is 2.38. The second kappa shape index (κ2) is 14.5. The molecule has 4 heteroatoms. The maximum absolute atomic E-state index is 5.56. The summed E-state index contributed by atoms with van der Waals surface area (Å²) < 4.78 is 2.38. The zero-order chi connectivity index (χ0) is 42.1. The van der Waals surface area contributed by atoms with Gasteiger partial charge in [0.1, 0.15) is 0 Å². The van der Waals surface area contributed by atoms with E-state index in [-0.39, 0.29) is 5.41 Å². The van der Waals surface area contributed by atoms with Gasteiger partial charge in [0, 0.05) is 44.1 Å². The SMILES string of the molecule is CC1(C)c2ccccc2-c2c(N(c3ccc(-c4ccccc4)cc3)c3nc(-c4ccc(-n5c6ccccc6c6cc(-c7ccccc7)ccc65)cc4)c4ccccc4n3)cccc21.